The maximum absolute atomic E-state index is 12.9. The molecule has 0 heterocycles. The molecule has 0 fully saturated rings. The van der Waals surface area contributed by atoms with Gasteiger partial charge in [0.05, 0.1) is 6.54 Å². The molecule has 15 heavy (non-hydrogen) atoms. The van der Waals surface area contributed by atoms with Crippen molar-refractivity contribution in [1.82, 2.24) is 0 Å². The molecule has 0 radical (unpaired) electrons. The van der Waals surface area contributed by atoms with Gasteiger partial charge in [-0.05, 0) is 25.1 Å². The molecule has 0 aromatic heterocycles. The van der Waals surface area contributed by atoms with Crippen LogP contribution in [0.5, 0.6) is 0 Å². The molecule has 1 rings (SSSR count). The molecule has 78 valence electrons. The zero-order valence-electron chi connectivity index (χ0n) is 8.75. The molecular formula is C12H12FNO. The molecule has 0 aliphatic carbocycles. The van der Waals surface area contributed by atoms with E-state index in [1.165, 1.54) is 19.1 Å². The minimum absolute atomic E-state index is 0.173. The second-order valence-electron chi connectivity index (χ2n) is 3.28. The van der Waals surface area contributed by atoms with E-state index >= 15 is 0 Å². The molecule has 0 bridgehead atoms. The fraction of sp³-hybridized carbons (Fsp3) is 0.250. The normalized spacial score (nSPS) is 9.47. The lowest BCUT2D eigenvalue weighted by molar-refractivity contribution is 0.101. The molecule has 0 N–H and O–H groups in total. The smallest absolute Gasteiger partial charge is 0.161 e. The first-order chi connectivity index (χ1) is 7.06. The maximum atomic E-state index is 12.9. The van der Waals surface area contributed by atoms with Crippen molar-refractivity contribution in [2.45, 2.75) is 6.92 Å². The molecule has 0 aliphatic rings. The van der Waals surface area contributed by atoms with Gasteiger partial charge >= 0.3 is 0 Å². The fourth-order valence-corrected chi connectivity index (χ4v) is 1.35. The van der Waals surface area contributed by atoms with Crippen molar-refractivity contribution in [3.63, 3.8) is 0 Å². The summed E-state index contributed by atoms with van der Waals surface area (Å²) >= 11 is 0. The Bertz CT molecular complexity index is 420. The summed E-state index contributed by atoms with van der Waals surface area (Å²) in [7, 11) is 1.76. The second-order valence-corrected chi connectivity index (χ2v) is 3.28. The van der Waals surface area contributed by atoms with Crippen LogP contribution in [0.25, 0.3) is 0 Å². The summed E-state index contributed by atoms with van der Waals surface area (Å²) in [6.45, 7) is 1.79. The van der Waals surface area contributed by atoms with Crippen LogP contribution < -0.4 is 4.90 Å². The van der Waals surface area contributed by atoms with E-state index in [2.05, 4.69) is 5.92 Å². The molecule has 1 aromatic carbocycles. The van der Waals surface area contributed by atoms with Gasteiger partial charge in [0.25, 0.3) is 0 Å². The van der Waals surface area contributed by atoms with E-state index in [4.69, 9.17) is 6.42 Å². The van der Waals surface area contributed by atoms with Gasteiger partial charge in [0.1, 0.15) is 5.82 Å². The highest BCUT2D eigenvalue weighted by Gasteiger charge is 2.11. The van der Waals surface area contributed by atoms with Gasteiger partial charge < -0.3 is 4.90 Å². The Morgan fingerprint density at radius 1 is 1.60 bits per heavy atom. The van der Waals surface area contributed by atoms with Crippen LogP contribution in [0.3, 0.4) is 0 Å². The van der Waals surface area contributed by atoms with Crippen LogP contribution in [0.15, 0.2) is 18.2 Å². The van der Waals surface area contributed by atoms with E-state index in [0.29, 0.717) is 17.8 Å². The molecule has 2 nitrogen and oxygen atoms in total. The summed E-state index contributed by atoms with van der Waals surface area (Å²) < 4.78 is 12.9. The number of benzene rings is 1. The Hall–Kier alpha value is -1.82. The number of nitrogens with zero attached hydrogens (tertiary/aromatic N) is 1. The number of ketones is 1. The zero-order chi connectivity index (χ0) is 11.4. The number of terminal acetylenes is 1. The molecule has 0 amide bonds. The van der Waals surface area contributed by atoms with Crippen LogP contribution in [0.4, 0.5) is 10.1 Å². The van der Waals surface area contributed by atoms with Gasteiger partial charge in [-0.2, -0.15) is 0 Å². The molecule has 0 saturated heterocycles. The summed E-state index contributed by atoms with van der Waals surface area (Å²) in [5, 5.41) is 0. The maximum Gasteiger partial charge on any atom is 0.161 e. The number of carbonyl (C=O) groups is 1. The average molecular weight is 205 g/mol. The van der Waals surface area contributed by atoms with Gasteiger partial charge in [0, 0.05) is 18.3 Å². The first-order valence-corrected chi connectivity index (χ1v) is 4.51. The summed E-state index contributed by atoms with van der Waals surface area (Å²) in [6.07, 6.45) is 5.17. The molecule has 0 atom stereocenters. The van der Waals surface area contributed by atoms with Crippen molar-refractivity contribution >= 4 is 11.5 Å². The first-order valence-electron chi connectivity index (χ1n) is 4.51. The third-order valence-corrected chi connectivity index (χ3v) is 2.08. The molecule has 0 saturated carbocycles. The minimum atomic E-state index is -0.418. The third kappa shape index (κ3) is 2.57. The SMILES string of the molecule is C#CCN(C)c1ccc(F)cc1C(C)=O. The number of anilines is 1. The van der Waals surface area contributed by atoms with Crippen LogP contribution in [0.1, 0.15) is 17.3 Å². The van der Waals surface area contributed by atoms with Gasteiger partial charge in [0.2, 0.25) is 0 Å². The lowest BCUT2D eigenvalue weighted by Crippen LogP contribution is -2.19. The number of carbonyl (C=O) groups excluding carboxylic acids is 1. The summed E-state index contributed by atoms with van der Waals surface area (Å²) in [4.78, 5) is 13.0. The number of hydrogen-bond acceptors (Lipinski definition) is 2. The van der Waals surface area contributed by atoms with Crippen molar-refractivity contribution in [3.05, 3.63) is 29.6 Å². The van der Waals surface area contributed by atoms with E-state index in [9.17, 15) is 9.18 Å². The van der Waals surface area contributed by atoms with E-state index in [0.717, 1.165) is 0 Å². The van der Waals surface area contributed by atoms with Crippen molar-refractivity contribution < 1.29 is 9.18 Å². The molecule has 0 spiro atoms. The molecule has 0 aliphatic heterocycles. The highest BCUT2D eigenvalue weighted by Crippen LogP contribution is 2.20. The number of Topliss-reactive ketones (excluding diaryl/α,β-unsaturated/α-hetero) is 1. The standard InChI is InChI=1S/C12H12FNO/c1-4-7-14(3)12-6-5-10(13)8-11(12)9(2)15/h1,5-6,8H,7H2,2-3H3. The van der Waals surface area contributed by atoms with Gasteiger partial charge in [-0.25, -0.2) is 4.39 Å². The Morgan fingerprint density at radius 2 is 2.27 bits per heavy atom. The Morgan fingerprint density at radius 3 is 2.80 bits per heavy atom. The number of hydrogen-bond donors (Lipinski definition) is 0. The number of rotatable bonds is 3. The van der Waals surface area contributed by atoms with Crippen LogP contribution >= 0.6 is 0 Å². The van der Waals surface area contributed by atoms with Crippen molar-refractivity contribution in [2.24, 2.45) is 0 Å². The summed E-state index contributed by atoms with van der Waals surface area (Å²) in [5.74, 6) is 1.88. The summed E-state index contributed by atoms with van der Waals surface area (Å²) in [5.41, 5.74) is 1.01. The molecule has 1 aromatic rings. The zero-order valence-corrected chi connectivity index (χ0v) is 8.75. The summed E-state index contributed by atoms with van der Waals surface area (Å²) in [6, 6.07) is 4.10. The Balaban J connectivity index is 3.17. The number of halogens is 1. The van der Waals surface area contributed by atoms with E-state index < -0.39 is 5.82 Å². The highest BCUT2D eigenvalue weighted by molar-refractivity contribution is 5.99. The Kier molecular flexibility index (Phi) is 3.46. The monoisotopic (exact) mass is 205 g/mol. The van der Waals surface area contributed by atoms with Gasteiger partial charge in [-0.3, -0.25) is 4.79 Å². The third-order valence-electron chi connectivity index (χ3n) is 2.08. The fourth-order valence-electron chi connectivity index (χ4n) is 1.35. The predicted molar refractivity (Wildman–Crippen MR) is 58.5 cm³/mol. The van der Waals surface area contributed by atoms with E-state index in [1.54, 1.807) is 18.0 Å². The first kappa shape index (κ1) is 11.3. The predicted octanol–water partition coefficient (Wildman–Crippen LogP) is 2.10. The van der Waals surface area contributed by atoms with E-state index in [-0.39, 0.29) is 5.78 Å². The molecular weight excluding hydrogens is 193 g/mol. The Labute approximate surface area is 88.7 Å². The van der Waals surface area contributed by atoms with Crippen LogP contribution in [-0.4, -0.2) is 19.4 Å². The second kappa shape index (κ2) is 4.61. The largest absolute Gasteiger partial charge is 0.363 e. The highest BCUT2D eigenvalue weighted by atomic mass is 19.1. The van der Waals surface area contributed by atoms with Crippen molar-refractivity contribution in [3.8, 4) is 12.3 Å². The van der Waals surface area contributed by atoms with Crippen LogP contribution in [-0.2, 0) is 0 Å². The quantitative estimate of drug-likeness (QED) is 0.556. The van der Waals surface area contributed by atoms with Crippen LogP contribution in [0, 0.1) is 18.2 Å². The van der Waals surface area contributed by atoms with Gasteiger partial charge in [-0.1, -0.05) is 5.92 Å². The van der Waals surface area contributed by atoms with Gasteiger partial charge in [0.15, 0.2) is 5.78 Å². The molecule has 3 heteroatoms. The lowest BCUT2D eigenvalue weighted by Gasteiger charge is -2.18. The molecule has 0 unspecified atom stereocenters. The van der Waals surface area contributed by atoms with Crippen molar-refractivity contribution in [2.75, 3.05) is 18.5 Å². The van der Waals surface area contributed by atoms with Gasteiger partial charge in [-0.15, -0.1) is 6.42 Å². The lowest BCUT2D eigenvalue weighted by atomic mass is 10.1. The van der Waals surface area contributed by atoms with Crippen LogP contribution in [0.2, 0.25) is 0 Å². The van der Waals surface area contributed by atoms with E-state index in [1.807, 2.05) is 0 Å². The average Bonchev–Trinajstić information content (AvgIpc) is 2.17. The topological polar surface area (TPSA) is 20.3 Å². The minimum Gasteiger partial charge on any atom is -0.363 e. The van der Waals surface area contributed by atoms with Crippen molar-refractivity contribution in [1.29, 1.82) is 0 Å².